The minimum Gasteiger partial charge on any atom is -0.392 e. The van der Waals surface area contributed by atoms with Gasteiger partial charge in [0, 0.05) is 20.1 Å². The van der Waals surface area contributed by atoms with Gasteiger partial charge in [0.15, 0.2) is 0 Å². The van der Waals surface area contributed by atoms with Crippen molar-refractivity contribution in [2.45, 2.75) is 51.7 Å². The molecule has 0 spiro atoms. The first kappa shape index (κ1) is 16.8. The van der Waals surface area contributed by atoms with Gasteiger partial charge >= 0.3 is 6.03 Å². The number of hydrogen-bond acceptors (Lipinski definition) is 2. The molecule has 0 aromatic heterocycles. The summed E-state index contributed by atoms with van der Waals surface area (Å²) in [6.45, 7) is 1.35. The molecule has 0 aliphatic heterocycles. The Kier molecular flexibility index (Phi) is 6.72. The van der Waals surface area contributed by atoms with Crippen molar-refractivity contribution in [1.29, 1.82) is 0 Å². The molecule has 22 heavy (non-hydrogen) atoms. The molecule has 1 aromatic rings. The van der Waals surface area contributed by atoms with E-state index in [1.54, 1.807) is 4.90 Å². The molecular weight excluding hydrogens is 276 g/mol. The quantitative estimate of drug-likeness (QED) is 0.812. The van der Waals surface area contributed by atoms with Crippen molar-refractivity contribution in [2.75, 3.05) is 13.6 Å². The molecule has 0 unspecified atom stereocenters. The third-order valence-electron chi connectivity index (χ3n) is 4.55. The Morgan fingerprint density at radius 1 is 1.32 bits per heavy atom. The number of amides is 2. The molecular formula is C18H28N2O2. The maximum Gasteiger partial charge on any atom is 0.317 e. The van der Waals surface area contributed by atoms with Crippen LogP contribution in [0.25, 0.3) is 0 Å². The van der Waals surface area contributed by atoms with Gasteiger partial charge in [0.25, 0.3) is 0 Å². The van der Waals surface area contributed by atoms with Crippen molar-refractivity contribution in [3.63, 3.8) is 0 Å². The molecule has 1 fully saturated rings. The van der Waals surface area contributed by atoms with Gasteiger partial charge in [-0.05, 0) is 29.9 Å². The second-order valence-electron chi connectivity index (χ2n) is 6.35. The minimum absolute atomic E-state index is 0.0270. The molecule has 0 heterocycles. The van der Waals surface area contributed by atoms with Gasteiger partial charge in [-0.25, -0.2) is 4.79 Å². The van der Waals surface area contributed by atoms with Crippen LogP contribution in [-0.2, 0) is 13.2 Å². The van der Waals surface area contributed by atoms with Crippen LogP contribution in [0.5, 0.6) is 0 Å². The smallest absolute Gasteiger partial charge is 0.317 e. The number of carbonyl (C=O) groups is 1. The first-order valence-electron chi connectivity index (χ1n) is 8.36. The summed E-state index contributed by atoms with van der Waals surface area (Å²) in [4.78, 5) is 13.8. The van der Waals surface area contributed by atoms with Gasteiger partial charge in [-0.3, -0.25) is 0 Å². The first-order valence-corrected chi connectivity index (χ1v) is 8.36. The zero-order valence-electron chi connectivity index (χ0n) is 13.6. The maximum absolute atomic E-state index is 12.1. The molecule has 4 heteroatoms. The summed E-state index contributed by atoms with van der Waals surface area (Å²) >= 11 is 0. The van der Waals surface area contributed by atoms with Crippen molar-refractivity contribution in [3.05, 3.63) is 35.4 Å². The largest absolute Gasteiger partial charge is 0.392 e. The highest BCUT2D eigenvalue weighted by molar-refractivity contribution is 5.73. The Hall–Kier alpha value is -1.55. The van der Waals surface area contributed by atoms with Gasteiger partial charge in [0.05, 0.1) is 6.61 Å². The lowest BCUT2D eigenvalue weighted by Gasteiger charge is -2.19. The van der Waals surface area contributed by atoms with Crippen LogP contribution in [0, 0.1) is 5.92 Å². The van der Waals surface area contributed by atoms with Crippen molar-refractivity contribution in [3.8, 4) is 0 Å². The molecule has 1 aromatic carbocycles. The summed E-state index contributed by atoms with van der Waals surface area (Å²) in [5.41, 5.74) is 1.89. The van der Waals surface area contributed by atoms with E-state index in [1.165, 1.54) is 32.1 Å². The van der Waals surface area contributed by atoms with Gasteiger partial charge in [0.1, 0.15) is 0 Å². The second-order valence-corrected chi connectivity index (χ2v) is 6.35. The summed E-state index contributed by atoms with van der Waals surface area (Å²) < 4.78 is 0. The summed E-state index contributed by atoms with van der Waals surface area (Å²) in [6.07, 6.45) is 7.85. The highest BCUT2D eigenvalue weighted by Crippen LogP contribution is 2.28. The van der Waals surface area contributed by atoms with Crippen LogP contribution in [0.1, 0.15) is 49.7 Å². The average molecular weight is 304 g/mol. The molecule has 0 saturated heterocycles. The fourth-order valence-electron chi connectivity index (χ4n) is 3.17. The third-order valence-corrected chi connectivity index (χ3v) is 4.55. The zero-order chi connectivity index (χ0) is 15.8. The predicted octanol–water partition coefficient (Wildman–Crippen LogP) is 3.29. The zero-order valence-corrected chi connectivity index (χ0v) is 13.6. The lowest BCUT2D eigenvalue weighted by molar-refractivity contribution is 0.206. The lowest BCUT2D eigenvalue weighted by Crippen LogP contribution is -2.37. The molecule has 1 aliphatic carbocycles. The number of urea groups is 1. The van der Waals surface area contributed by atoms with Crippen LogP contribution >= 0.6 is 0 Å². The van der Waals surface area contributed by atoms with Crippen molar-refractivity contribution >= 4 is 6.03 Å². The van der Waals surface area contributed by atoms with Gasteiger partial charge < -0.3 is 15.3 Å². The number of hydrogen-bond donors (Lipinski definition) is 2. The van der Waals surface area contributed by atoms with Crippen LogP contribution in [0.15, 0.2) is 24.3 Å². The first-order chi connectivity index (χ1) is 10.7. The topological polar surface area (TPSA) is 52.6 Å². The third kappa shape index (κ3) is 5.34. The van der Waals surface area contributed by atoms with Crippen LogP contribution in [0.2, 0.25) is 0 Å². The summed E-state index contributed by atoms with van der Waals surface area (Å²) in [5.74, 6) is 0.887. The molecule has 0 radical (unpaired) electrons. The van der Waals surface area contributed by atoms with E-state index in [0.717, 1.165) is 30.0 Å². The van der Waals surface area contributed by atoms with Crippen LogP contribution < -0.4 is 5.32 Å². The fourth-order valence-corrected chi connectivity index (χ4v) is 3.17. The molecule has 2 rings (SSSR count). The lowest BCUT2D eigenvalue weighted by atomic mass is 10.0. The van der Waals surface area contributed by atoms with Gasteiger partial charge in [-0.2, -0.15) is 0 Å². The van der Waals surface area contributed by atoms with Crippen LogP contribution in [0.3, 0.4) is 0 Å². The van der Waals surface area contributed by atoms with E-state index in [9.17, 15) is 4.79 Å². The Labute approximate surface area is 133 Å². The second kappa shape index (κ2) is 8.79. The Bertz CT molecular complexity index is 470. The van der Waals surface area contributed by atoms with E-state index >= 15 is 0 Å². The summed E-state index contributed by atoms with van der Waals surface area (Å²) in [7, 11) is 1.86. The number of benzene rings is 1. The van der Waals surface area contributed by atoms with Crippen LogP contribution in [-0.4, -0.2) is 29.6 Å². The number of aliphatic hydroxyl groups excluding tert-OH is 1. The van der Waals surface area contributed by atoms with Crippen molar-refractivity contribution in [2.24, 2.45) is 5.92 Å². The van der Waals surface area contributed by atoms with Crippen molar-refractivity contribution in [1.82, 2.24) is 10.2 Å². The van der Waals surface area contributed by atoms with E-state index in [1.807, 2.05) is 31.3 Å². The van der Waals surface area contributed by atoms with Crippen LogP contribution in [0.4, 0.5) is 4.79 Å². The molecule has 4 nitrogen and oxygen atoms in total. The van der Waals surface area contributed by atoms with Gasteiger partial charge in [0.2, 0.25) is 0 Å². The number of rotatable bonds is 7. The standard InChI is InChI=1S/C18H28N2O2/c1-20(11-5-10-15-6-2-3-7-15)18(22)19-13-16-8-4-9-17(12-16)14-21/h4,8-9,12,15,21H,2-3,5-7,10-11,13-14H2,1H3,(H,19,22). The van der Waals surface area contributed by atoms with E-state index in [0.29, 0.717) is 6.54 Å². The Morgan fingerprint density at radius 3 is 2.77 bits per heavy atom. The molecule has 122 valence electrons. The van der Waals surface area contributed by atoms with E-state index < -0.39 is 0 Å². The SMILES string of the molecule is CN(CCCC1CCCC1)C(=O)NCc1cccc(CO)c1. The molecule has 2 N–H and O–H groups in total. The van der Waals surface area contributed by atoms with E-state index in [-0.39, 0.29) is 12.6 Å². The summed E-state index contributed by atoms with van der Waals surface area (Å²) in [6, 6.07) is 7.62. The average Bonchev–Trinajstić information content (AvgIpc) is 3.06. The number of aliphatic hydroxyl groups is 1. The Morgan fingerprint density at radius 2 is 2.05 bits per heavy atom. The minimum atomic E-state index is -0.0270. The normalized spacial score (nSPS) is 15.0. The monoisotopic (exact) mass is 304 g/mol. The highest BCUT2D eigenvalue weighted by atomic mass is 16.3. The molecule has 2 amide bonds. The predicted molar refractivity (Wildman–Crippen MR) is 88.4 cm³/mol. The number of carbonyl (C=O) groups excluding carboxylic acids is 1. The summed E-state index contributed by atoms with van der Waals surface area (Å²) in [5, 5.41) is 12.1. The molecule has 1 saturated carbocycles. The fraction of sp³-hybridized carbons (Fsp3) is 0.611. The Balaban J connectivity index is 1.66. The highest BCUT2D eigenvalue weighted by Gasteiger charge is 2.15. The van der Waals surface area contributed by atoms with E-state index in [4.69, 9.17) is 5.11 Å². The number of nitrogens with zero attached hydrogens (tertiary/aromatic N) is 1. The molecule has 1 aliphatic rings. The van der Waals surface area contributed by atoms with Gasteiger partial charge in [-0.15, -0.1) is 0 Å². The molecule has 0 atom stereocenters. The van der Waals surface area contributed by atoms with Crippen molar-refractivity contribution < 1.29 is 9.90 Å². The number of nitrogens with one attached hydrogen (secondary N) is 1. The van der Waals surface area contributed by atoms with Gasteiger partial charge in [-0.1, -0.05) is 49.9 Å². The maximum atomic E-state index is 12.1. The van der Waals surface area contributed by atoms with E-state index in [2.05, 4.69) is 5.32 Å². The molecule has 0 bridgehead atoms.